The van der Waals surface area contributed by atoms with Crippen LogP contribution in [-0.4, -0.2) is 23.7 Å². The molecule has 3 nitrogen and oxygen atoms in total. The highest BCUT2D eigenvalue weighted by Crippen LogP contribution is 2.58. The lowest BCUT2D eigenvalue weighted by Gasteiger charge is -2.15. The molecule has 2 aliphatic rings. The number of carbonyl (C=O) groups excluding carboxylic acids is 1. The molecule has 1 heterocycles. The van der Waals surface area contributed by atoms with Gasteiger partial charge in [-0.05, 0) is 6.42 Å². The highest BCUT2D eigenvalue weighted by atomic mass is 16.3. The van der Waals surface area contributed by atoms with Gasteiger partial charge >= 0.3 is 0 Å². The van der Waals surface area contributed by atoms with Crippen molar-refractivity contribution in [2.45, 2.75) is 19.4 Å². The maximum atomic E-state index is 11.0. The Labute approximate surface area is 59.4 Å². The lowest BCUT2D eigenvalue weighted by molar-refractivity contribution is -0.121. The number of hydrogen-bond acceptors (Lipinski definition) is 2. The minimum Gasteiger partial charge on any atom is -0.394 e. The molecule has 1 saturated heterocycles. The molecule has 0 aromatic heterocycles. The molecule has 3 heteroatoms. The van der Waals surface area contributed by atoms with Crippen molar-refractivity contribution in [3.8, 4) is 0 Å². The van der Waals surface area contributed by atoms with Crippen molar-refractivity contribution in [1.82, 2.24) is 5.32 Å². The van der Waals surface area contributed by atoms with E-state index in [1.807, 2.05) is 0 Å². The first kappa shape index (κ1) is 6.16. The number of aliphatic hydroxyl groups excluding tert-OH is 1. The van der Waals surface area contributed by atoms with Gasteiger partial charge in [-0.2, -0.15) is 0 Å². The van der Waals surface area contributed by atoms with Crippen LogP contribution in [0.15, 0.2) is 0 Å². The summed E-state index contributed by atoms with van der Waals surface area (Å²) in [5.74, 6) is 0.325. The zero-order valence-corrected chi connectivity index (χ0v) is 5.92. The van der Waals surface area contributed by atoms with E-state index in [0.29, 0.717) is 0 Å². The fourth-order valence-electron chi connectivity index (χ4n) is 1.85. The minimum atomic E-state index is 0.0185. The largest absolute Gasteiger partial charge is 0.394 e. The third kappa shape index (κ3) is 0.515. The van der Waals surface area contributed by atoms with E-state index in [1.54, 1.807) is 0 Å². The van der Waals surface area contributed by atoms with Gasteiger partial charge in [0.05, 0.1) is 12.6 Å². The topological polar surface area (TPSA) is 49.3 Å². The standard InChI is InChI=1S/C7H11NO2/c1-7-2-4(7)6(10)8-5(7)3-9/h4-5,9H,2-3H2,1H3,(H,8,10)/t4-,5+,7-/m0/s1. The van der Waals surface area contributed by atoms with Crippen LogP contribution in [-0.2, 0) is 4.79 Å². The van der Waals surface area contributed by atoms with Crippen molar-refractivity contribution in [3.05, 3.63) is 0 Å². The van der Waals surface area contributed by atoms with Gasteiger partial charge in [-0.1, -0.05) is 6.92 Å². The van der Waals surface area contributed by atoms with Gasteiger partial charge in [0.2, 0.25) is 5.91 Å². The molecule has 0 aromatic rings. The predicted octanol–water partition coefficient (Wildman–Crippen LogP) is -0.497. The molecule has 1 amide bonds. The molecule has 2 N–H and O–H groups in total. The second kappa shape index (κ2) is 1.53. The van der Waals surface area contributed by atoms with Crippen molar-refractivity contribution in [3.63, 3.8) is 0 Å². The molecule has 0 bridgehead atoms. The Bertz CT molecular complexity index is 192. The van der Waals surface area contributed by atoms with Crippen LogP contribution >= 0.6 is 0 Å². The molecule has 1 saturated carbocycles. The number of hydrogen-bond donors (Lipinski definition) is 2. The Kier molecular flexibility index (Phi) is 0.944. The zero-order valence-electron chi connectivity index (χ0n) is 5.92. The van der Waals surface area contributed by atoms with Crippen molar-refractivity contribution >= 4 is 5.91 Å². The molecule has 0 unspecified atom stereocenters. The second-order valence-electron chi connectivity index (χ2n) is 3.51. The van der Waals surface area contributed by atoms with Crippen LogP contribution in [0.25, 0.3) is 0 Å². The van der Waals surface area contributed by atoms with Crippen molar-refractivity contribution in [2.75, 3.05) is 6.61 Å². The minimum absolute atomic E-state index is 0.0185. The maximum absolute atomic E-state index is 11.0. The fraction of sp³-hybridized carbons (Fsp3) is 0.857. The summed E-state index contributed by atoms with van der Waals surface area (Å²) in [7, 11) is 0. The Balaban J connectivity index is 2.20. The van der Waals surface area contributed by atoms with Crippen LogP contribution in [0.5, 0.6) is 0 Å². The molecular formula is C7H11NO2. The van der Waals surface area contributed by atoms with E-state index < -0.39 is 0 Å². The first-order valence-corrected chi connectivity index (χ1v) is 3.60. The second-order valence-corrected chi connectivity index (χ2v) is 3.51. The van der Waals surface area contributed by atoms with Gasteiger partial charge in [-0.15, -0.1) is 0 Å². The van der Waals surface area contributed by atoms with E-state index in [2.05, 4.69) is 12.2 Å². The van der Waals surface area contributed by atoms with Crippen LogP contribution in [0.3, 0.4) is 0 Å². The summed E-state index contributed by atoms with van der Waals surface area (Å²) in [5, 5.41) is 11.6. The van der Waals surface area contributed by atoms with E-state index in [0.717, 1.165) is 6.42 Å². The fourth-order valence-corrected chi connectivity index (χ4v) is 1.85. The van der Waals surface area contributed by atoms with Crippen LogP contribution < -0.4 is 5.32 Å². The highest BCUT2D eigenvalue weighted by molar-refractivity contribution is 5.86. The molecule has 0 radical (unpaired) electrons. The first-order valence-electron chi connectivity index (χ1n) is 3.60. The van der Waals surface area contributed by atoms with Gasteiger partial charge in [-0.25, -0.2) is 0 Å². The number of carbonyl (C=O) groups is 1. The third-order valence-corrected chi connectivity index (χ3v) is 2.89. The molecule has 1 aliphatic carbocycles. The van der Waals surface area contributed by atoms with Crippen molar-refractivity contribution < 1.29 is 9.90 Å². The van der Waals surface area contributed by atoms with Crippen molar-refractivity contribution in [1.29, 1.82) is 0 Å². The summed E-state index contributed by atoms with van der Waals surface area (Å²) in [6.07, 6.45) is 0.962. The van der Waals surface area contributed by atoms with Gasteiger partial charge in [0.15, 0.2) is 0 Å². The molecule has 2 fully saturated rings. The van der Waals surface area contributed by atoms with Crippen LogP contribution in [0, 0.1) is 11.3 Å². The summed E-state index contributed by atoms with van der Waals surface area (Å²) < 4.78 is 0. The number of amides is 1. The molecule has 0 aromatic carbocycles. The van der Waals surface area contributed by atoms with Crippen LogP contribution in [0.4, 0.5) is 0 Å². The Morgan fingerprint density at radius 2 is 2.60 bits per heavy atom. The number of fused-ring (bicyclic) bond motifs is 1. The molecule has 1 aliphatic heterocycles. The van der Waals surface area contributed by atoms with Crippen molar-refractivity contribution in [2.24, 2.45) is 11.3 Å². The first-order chi connectivity index (χ1) is 4.68. The maximum Gasteiger partial charge on any atom is 0.224 e. The number of nitrogens with one attached hydrogen (secondary N) is 1. The number of aliphatic hydroxyl groups is 1. The average Bonchev–Trinajstić information content (AvgIpc) is 2.52. The monoisotopic (exact) mass is 141 g/mol. The number of rotatable bonds is 1. The quantitative estimate of drug-likeness (QED) is 0.517. The average molecular weight is 141 g/mol. The van der Waals surface area contributed by atoms with Gasteiger partial charge in [-0.3, -0.25) is 4.79 Å². The summed E-state index contributed by atoms with van der Waals surface area (Å²) in [5.41, 5.74) is 0.0891. The summed E-state index contributed by atoms with van der Waals surface area (Å²) in [4.78, 5) is 11.0. The van der Waals surface area contributed by atoms with Crippen LogP contribution in [0.2, 0.25) is 0 Å². The van der Waals surface area contributed by atoms with E-state index in [-0.39, 0.29) is 29.9 Å². The summed E-state index contributed by atoms with van der Waals surface area (Å²) in [6.45, 7) is 2.13. The van der Waals surface area contributed by atoms with E-state index in [4.69, 9.17) is 5.11 Å². The van der Waals surface area contributed by atoms with Gasteiger partial charge in [0.1, 0.15) is 0 Å². The molecule has 3 atom stereocenters. The Morgan fingerprint density at radius 1 is 1.90 bits per heavy atom. The Morgan fingerprint density at radius 3 is 2.80 bits per heavy atom. The third-order valence-electron chi connectivity index (χ3n) is 2.89. The highest BCUT2D eigenvalue weighted by Gasteiger charge is 2.64. The molecule has 56 valence electrons. The molecular weight excluding hydrogens is 130 g/mol. The predicted molar refractivity (Wildman–Crippen MR) is 35.2 cm³/mol. The van der Waals surface area contributed by atoms with Gasteiger partial charge in [0, 0.05) is 11.3 Å². The zero-order chi connectivity index (χ0) is 7.35. The molecule has 2 rings (SSSR count). The van der Waals surface area contributed by atoms with E-state index in [9.17, 15) is 4.79 Å². The molecule has 10 heavy (non-hydrogen) atoms. The van der Waals surface area contributed by atoms with Crippen LogP contribution in [0.1, 0.15) is 13.3 Å². The summed E-state index contributed by atoms with van der Waals surface area (Å²) >= 11 is 0. The Hall–Kier alpha value is -0.570. The van der Waals surface area contributed by atoms with E-state index in [1.165, 1.54) is 0 Å². The van der Waals surface area contributed by atoms with E-state index >= 15 is 0 Å². The lowest BCUT2D eigenvalue weighted by atomic mass is 10.0. The molecule has 0 spiro atoms. The van der Waals surface area contributed by atoms with Gasteiger partial charge < -0.3 is 10.4 Å². The van der Waals surface area contributed by atoms with Gasteiger partial charge in [0.25, 0.3) is 0 Å². The SMILES string of the molecule is C[C@]12C[C@H]1C(=O)N[C@@H]2CO. The summed E-state index contributed by atoms with van der Waals surface area (Å²) in [6, 6.07) is 0.0185. The smallest absolute Gasteiger partial charge is 0.224 e. The normalized spacial score (nSPS) is 50.4. The number of piperidine rings is 1. The lowest BCUT2D eigenvalue weighted by Crippen LogP contribution is -2.36.